The van der Waals surface area contributed by atoms with E-state index in [4.69, 9.17) is 4.74 Å². The van der Waals surface area contributed by atoms with Crippen molar-refractivity contribution in [2.75, 3.05) is 43.4 Å². The van der Waals surface area contributed by atoms with Gasteiger partial charge in [-0.25, -0.2) is 0 Å². The fraction of sp³-hybridized carbons (Fsp3) is 0.524. The van der Waals surface area contributed by atoms with Crippen LogP contribution in [0.3, 0.4) is 0 Å². The zero-order valence-electron chi connectivity index (χ0n) is 17.1. The van der Waals surface area contributed by atoms with Crippen molar-refractivity contribution in [2.45, 2.75) is 39.2 Å². The minimum atomic E-state index is -1.53. The van der Waals surface area contributed by atoms with Crippen molar-refractivity contribution in [3.63, 3.8) is 0 Å². The molecule has 7 nitrogen and oxygen atoms in total. The lowest BCUT2D eigenvalue weighted by molar-refractivity contribution is 0.220. The molecule has 1 fully saturated rings. The predicted octanol–water partition coefficient (Wildman–Crippen LogP) is 4.06. The predicted molar refractivity (Wildman–Crippen MR) is 118 cm³/mol. The maximum atomic E-state index is 11.5. The third kappa shape index (κ3) is 7.30. The average molecular weight is 418 g/mol. The van der Waals surface area contributed by atoms with E-state index < -0.39 is 11.1 Å². The minimum Gasteiger partial charge on any atom is -0.546 e. The highest BCUT2D eigenvalue weighted by molar-refractivity contribution is 7.14. The molecule has 1 atom stereocenters. The summed E-state index contributed by atoms with van der Waals surface area (Å²) in [5, 5.41) is 6.27. The van der Waals surface area contributed by atoms with Gasteiger partial charge in [-0.15, -0.1) is 0 Å². The monoisotopic (exact) mass is 417 g/mol. The summed E-state index contributed by atoms with van der Waals surface area (Å²) in [5.74, 6) is 2.01. The second kappa shape index (κ2) is 11.7. The minimum absolute atomic E-state index is 0.502. The van der Waals surface area contributed by atoms with Gasteiger partial charge in [-0.2, -0.15) is 0 Å². The third-order valence-corrected chi connectivity index (χ3v) is 5.44. The molecule has 0 radical (unpaired) electrons. The number of benzene rings is 1. The summed E-state index contributed by atoms with van der Waals surface area (Å²) in [6.07, 6.45) is 8.87. The van der Waals surface area contributed by atoms with E-state index in [1.807, 2.05) is 18.2 Å². The Bertz CT molecular complexity index is 774. The van der Waals surface area contributed by atoms with E-state index in [0.717, 1.165) is 25.3 Å². The Kier molecular flexibility index (Phi) is 8.73. The number of rotatable bonds is 11. The summed E-state index contributed by atoms with van der Waals surface area (Å²) in [7, 11) is 0. The highest BCUT2D eigenvalue weighted by atomic mass is 32.2. The van der Waals surface area contributed by atoms with Crippen LogP contribution in [0, 0.1) is 0 Å². The third-order valence-electron chi connectivity index (χ3n) is 4.76. The van der Waals surface area contributed by atoms with Crippen LogP contribution in [0.25, 0.3) is 0 Å². The maximum Gasteiger partial charge on any atom is 0.233 e. The van der Waals surface area contributed by atoms with Crippen molar-refractivity contribution >= 4 is 22.8 Å². The van der Waals surface area contributed by atoms with Gasteiger partial charge in [0.25, 0.3) is 0 Å². The van der Waals surface area contributed by atoms with E-state index >= 15 is 0 Å². The van der Waals surface area contributed by atoms with Crippen LogP contribution in [0.15, 0.2) is 36.4 Å². The van der Waals surface area contributed by atoms with Gasteiger partial charge in [0.2, 0.25) is 11.6 Å². The molecule has 1 aromatic carbocycles. The molecule has 0 spiro atoms. The molecule has 1 aromatic heterocycles. The summed E-state index contributed by atoms with van der Waals surface area (Å²) >= 11 is -1.53. The summed E-state index contributed by atoms with van der Waals surface area (Å²) in [5.41, 5.74) is 1.30. The van der Waals surface area contributed by atoms with E-state index in [1.54, 1.807) is 0 Å². The van der Waals surface area contributed by atoms with Gasteiger partial charge in [0.05, 0.1) is 0 Å². The molecule has 0 bridgehead atoms. The lowest BCUT2D eigenvalue weighted by atomic mass is 10.1. The van der Waals surface area contributed by atoms with Gasteiger partial charge in [-0.1, -0.05) is 31.6 Å². The van der Waals surface area contributed by atoms with Crippen LogP contribution in [0.2, 0.25) is 0 Å². The average Bonchev–Trinajstić information content (AvgIpc) is 3.09. The summed E-state index contributed by atoms with van der Waals surface area (Å²) in [4.78, 5) is 2.51. The smallest absolute Gasteiger partial charge is 0.233 e. The van der Waals surface area contributed by atoms with Gasteiger partial charge in [0.15, 0.2) is 11.1 Å². The number of piperidine rings is 1. The molecule has 8 heteroatoms. The van der Waals surface area contributed by atoms with Gasteiger partial charge in [0.1, 0.15) is 12.4 Å². The lowest BCUT2D eigenvalue weighted by Crippen LogP contribution is -2.29. The van der Waals surface area contributed by atoms with Crippen molar-refractivity contribution in [2.24, 2.45) is 0 Å². The molecular formula is C21H31N5O2S. The number of anilines is 2. The van der Waals surface area contributed by atoms with Crippen LogP contribution in [0.5, 0.6) is 5.75 Å². The number of hydrogen-bond donors (Lipinski definition) is 2. The molecule has 2 heterocycles. The molecule has 0 amide bonds. The summed E-state index contributed by atoms with van der Waals surface area (Å²) in [6, 6.07) is 8.35. The Morgan fingerprint density at radius 1 is 1.14 bits per heavy atom. The number of aromatic nitrogens is 2. The Balaban J connectivity index is 1.40. The fourth-order valence-corrected chi connectivity index (χ4v) is 3.95. The lowest BCUT2D eigenvalue weighted by Gasteiger charge is -2.26. The summed E-state index contributed by atoms with van der Waals surface area (Å²) < 4.78 is 25.3. The van der Waals surface area contributed by atoms with Crippen LogP contribution >= 0.6 is 11.1 Å². The number of nitrogens with zero attached hydrogens (tertiary/aromatic N) is 3. The zero-order valence-corrected chi connectivity index (χ0v) is 17.9. The molecule has 1 aliphatic rings. The molecule has 158 valence electrons. The Labute approximate surface area is 176 Å². The molecule has 2 N–H and O–H groups in total. The van der Waals surface area contributed by atoms with Gasteiger partial charge >= 0.3 is 0 Å². The molecule has 0 aliphatic carbocycles. The van der Waals surface area contributed by atoms with Crippen molar-refractivity contribution in [1.29, 1.82) is 0 Å². The fourth-order valence-electron chi connectivity index (χ4n) is 3.30. The standard InChI is InChI=1S/C21H31N5O2S/c1-2-11-22-20-21(25-29(27)24-20)23-12-4-7-15-28-19-10-8-9-18(16-19)17-26-13-5-3-6-14-26/h4,7-10,16H,2-3,5-6,11-15,17H2,1H3,(H,22,24)(H,23,25)/b7-4-. The number of hydrogen-bond acceptors (Lipinski definition) is 7. The van der Waals surface area contributed by atoms with E-state index in [1.165, 1.54) is 37.9 Å². The molecular weight excluding hydrogens is 386 g/mol. The quantitative estimate of drug-likeness (QED) is 0.421. The molecule has 0 saturated carbocycles. The van der Waals surface area contributed by atoms with Crippen molar-refractivity contribution < 1.29 is 9.29 Å². The topological polar surface area (TPSA) is 85.4 Å². The van der Waals surface area contributed by atoms with Crippen LogP contribution < -0.4 is 15.4 Å². The van der Waals surface area contributed by atoms with Gasteiger partial charge in [0, 0.05) is 28.4 Å². The number of nitrogens with one attached hydrogen (secondary N) is 2. The SMILES string of the molecule is CCCNc1n[s+]([O-])nc1NC/C=C\COc1cccc(CN2CCCCC2)c1. The van der Waals surface area contributed by atoms with Crippen LogP contribution in [-0.2, 0) is 6.54 Å². The first kappa shape index (κ1) is 21.5. The maximum absolute atomic E-state index is 11.5. The molecule has 1 unspecified atom stereocenters. The van der Waals surface area contributed by atoms with Crippen molar-refractivity contribution in [1.82, 2.24) is 13.6 Å². The van der Waals surface area contributed by atoms with E-state index in [2.05, 4.69) is 49.4 Å². The molecule has 1 aliphatic heterocycles. The Morgan fingerprint density at radius 3 is 2.72 bits per heavy atom. The highest BCUT2D eigenvalue weighted by Crippen LogP contribution is 2.22. The van der Waals surface area contributed by atoms with Gasteiger partial charge < -0.3 is 19.9 Å². The molecule has 3 rings (SSSR count). The molecule has 1 saturated heterocycles. The molecule has 29 heavy (non-hydrogen) atoms. The van der Waals surface area contributed by atoms with Crippen LogP contribution in [-0.4, -0.2) is 51.0 Å². The first-order valence-electron chi connectivity index (χ1n) is 10.4. The summed E-state index contributed by atoms with van der Waals surface area (Å²) in [6.45, 7) is 7.30. The largest absolute Gasteiger partial charge is 0.546 e. The van der Waals surface area contributed by atoms with Gasteiger partial charge in [-0.3, -0.25) is 4.90 Å². The second-order valence-corrected chi connectivity index (χ2v) is 8.01. The first-order chi connectivity index (χ1) is 14.2. The van der Waals surface area contributed by atoms with Crippen molar-refractivity contribution in [3.05, 3.63) is 42.0 Å². The normalized spacial score (nSPS) is 15.6. The van der Waals surface area contributed by atoms with E-state index in [0.29, 0.717) is 24.8 Å². The first-order valence-corrected chi connectivity index (χ1v) is 11.5. The molecule has 2 aromatic rings. The van der Waals surface area contributed by atoms with Gasteiger partial charge in [-0.05, 0) is 56.1 Å². The van der Waals surface area contributed by atoms with Crippen LogP contribution in [0.1, 0.15) is 38.2 Å². The van der Waals surface area contributed by atoms with Crippen molar-refractivity contribution in [3.8, 4) is 5.75 Å². The Hall–Kier alpha value is -2.16. The number of ether oxygens (including phenoxy) is 1. The highest BCUT2D eigenvalue weighted by Gasteiger charge is 2.14. The van der Waals surface area contributed by atoms with Crippen LogP contribution in [0.4, 0.5) is 11.6 Å². The Morgan fingerprint density at radius 2 is 1.93 bits per heavy atom. The zero-order chi connectivity index (χ0) is 20.3. The van der Waals surface area contributed by atoms with E-state index in [-0.39, 0.29) is 0 Å². The number of likely N-dealkylation sites (tertiary alicyclic amines) is 1. The van der Waals surface area contributed by atoms with E-state index in [9.17, 15) is 4.55 Å². The second-order valence-electron chi connectivity index (χ2n) is 7.18.